The predicted molar refractivity (Wildman–Crippen MR) is 81.3 cm³/mol. The van der Waals surface area contributed by atoms with Gasteiger partial charge in [0.1, 0.15) is 5.75 Å². The standard InChI is InChI=1S/C16H22ClNO2/c1-12-5-4-6-13(11-12)20-10-9-16(19)18-15-8-3-2-7-14(15)17/h4-6,11,14-15H,2-3,7-10H2,1H3,(H,18,19). The molecule has 0 spiro atoms. The molecule has 1 aliphatic rings. The molecule has 2 rings (SSSR count). The molecule has 1 N–H and O–H groups in total. The zero-order chi connectivity index (χ0) is 14.4. The first-order chi connectivity index (χ1) is 9.65. The van der Waals surface area contributed by atoms with Gasteiger partial charge in [0.15, 0.2) is 0 Å². The Labute approximate surface area is 125 Å². The Bertz CT molecular complexity index is 450. The van der Waals surface area contributed by atoms with Crippen LogP contribution in [0.2, 0.25) is 0 Å². The van der Waals surface area contributed by atoms with Crippen LogP contribution in [0.5, 0.6) is 5.75 Å². The van der Waals surface area contributed by atoms with E-state index in [0.29, 0.717) is 13.0 Å². The van der Waals surface area contributed by atoms with Crippen molar-refractivity contribution >= 4 is 17.5 Å². The number of carbonyl (C=O) groups excluding carboxylic acids is 1. The second kappa shape index (κ2) is 7.53. The Kier molecular flexibility index (Phi) is 5.72. The molecule has 0 aromatic heterocycles. The monoisotopic (exact) mass is 295 g/mol. The van der Waals surface area contributed by atoms with Crippen molar-refractivity contribution in [1.29, 1.82) is 0 Å². The van der Waals surface area contributed by atoms with Crippen LogP contribution in [0.25, 0.3) is 0 Å². The van der Waals surface area contributed by atoms with Crippen molar-refractivity contribution in [1.82, 2.24) is 5.32 Å². The van der Waals surface area contributed by atoms with Crippen molar-refractivity contribution in [3.8, 4) is 5.75 Å². The van der Waals surface area contributed by atoms with E-state index in [2.05, 4.69) is 5.32 Å². The van der Waals surface area contributed by atoms with Gasteiger partial charge in [-0.1, -0.05) is 25.0 Å². The molecule has 0 bridgehead atoms. The fourth-order valence-electron chi connectivity index (χ4n) is 2.49. The van der Waals surface area contributed by atoms with Crippen LogP contribution >= 0.6 is 11.6 Å². The van der Waals surface area contributed by atoms with Gasteiger partial charge in [-0.2, -0.15) is 0 Å². The number of alkyl halides is 1. The van der Waals surface area contributed by atoms with Gasteiger partial charge in [-0.05, 0) is 37.5 Å². The maximum absolute atomic E-state index is 11.9. The minimum atomic E-state index is 0.0233. The summed E-state index contributed by atoms with van der Waals surface area (Å²) in [5.74, 6) is 0.834. The smallest absolute Gasteiger partial charge is 0.223 e. The van der Waals surface area contributed by atoms with Crippen molar-refractivity contribution in [2.24, 2.45) is 0 Å². The number of aryl methyl sites for hydroxylation is 1. The van der Waals surface area contributed by atoms with Gasteiger partial charge in [-0.3, -0.25) is 4.79 Å². The van der Waals surface area contributed by atoms with Gasteiger partial charge in [-0.25, -0.2) is 0 Å². The number of halogens is 1. The quantitative estimate of drug-likeness (QED) is 0.845. The van der Waals surface area contributed by atoms with Crippen LogP contribution in [0.3, 0.4) is 0 Å². The minimum Gasteiger partial charge on any atom is -0.493 e. The number of benzene rings is 1. The number of hydrogen-bond donors (Lipinski definition) is 1. The molecule has 0 heterocycles. The number of nitrogens with one attached hydrogen (secondary N) is 1. The van der Waals surface area contributed by atoms with E-state index in [1.165, 1.54) is 0 Å². The summed E-state index contributed by atoms with van der Waals surface area (Å²) in [6.07, 6.45) is 4.66. The summed E-state index contributed by atoms with van der Waals surface area (Å²) in [6, 6.07) is 7.96. The number of hydrogen-bond acceptors (Lipinski definition) is 2. The van der Waals surface area contributed by atoms with E-state index in [1.54, 1.807) is 0 Å². The Hall–Kier alpha value is -1.22. The molecular weight excluding hydrogens is 274 g/mol. The molecule has 110 valence electrons. The molecule has 2 unspecified atom stereocenters. The lowest BCUT2D eigenvalue weighted by Gasteiger charge is -2.27. The SMILES string of the molecule is Cc1cccc(OCCC(=O)NC2CCCCC2Cl)c1. The normalized spacial score (nSPS) is 22.3. The lowest BCUT2D eigenvalue weighted by atomic mass is 9.95. The van der Waals surface area contributed by atoms with Gasteiger partial charge in [0, 0.05) is 6.04 Å². The Morgan fingerprint density at radius 1 is 1.40 bits per heavy atom. The van der Waals surface area contributed by atoms with Crippen LogP contribution in [0.15, 0.2) is 24.3 Å². The van der Waals surface area contributed by atoms with Gasteiger partial charge in [0.2, 0.25) is 5.91 Å². The van der Waals surface area contributed by atoms with E-state index >= 15 is 0 Å². The van der Waals surface area contributed by atoms with Crippen molar-refractivity contribution < 1.29 is 9.53 Å². The molecule has 1 saturated carbocycles. The number of ether oxygens (including phenoxy) is 1. The van der Waals surface area contributed by atoms with E-state index in [4.69, 9.17) is 16.3 Å². The third kappa shape index (κ3) is 4.71. The first kappa shape index (κ1) is 15.2. The van der Waals surface area contributed by atoms with Crippen molar-refractivity contribution in [3.63, 3.8) is 0 Å². The third-order valence-electron chi connectivity index (χ3n) is 3.62. The van der Waals surface area contributed by atoms with Gasteiger partial charge >= 0.3 is 0 Å². The lowest BCUT2D eigenvalue weighted by molar-refractivity contribution is -0.122. The van der Waals surface area contributed by atoms with E-state index in [-0.39, 0.29) is 17.3 Å². The molecule has 0 radical (unpaired) electrons. The predicted octanol–water partition coefficient (Wildman–Crippen LogP) is 3.43. The van der Waals surface area contributed by atoms with E-state index in [9.17, 15) is 4.79 Å². The molecule has 0 saturated heterocycles. The summed E-state index contributed by atoms with van der Waals surface area (Å²) in [5.41, 5.74) is 1.15. The fraction of sp³-hybridized carbons (Fsp3) is 0.562. The summed E-state index contributed by atoms with van der Waals surface area (Å²) in [6.45, 7) is 2.41. The minimum absolute atomic E-state index is 0.0233. The van der Waals surface area contributed by atoms with E-state index in [1.807, 2.05) is 31.2 Å². The maximum Gasteiger partial charge on any atom is 0.223 e. The Morgan fingerprint density at radius 3 is 2.95 bits per heavy atom. The Balaban J connectivity index is 1.70. The average Bonchev–Trinajstić information content (AvgIpc) is 2.41. The third-order valence-corrected chi connectivity index (χ3v) is 4.14. The van der Waals surface area contributed by atoms with Crippen LogP contribution in [-0.2, 0) is 4.79 Å². The summed E-state index contributed by atoms with van der Waals surface area (Å²) in [7, 11) is 0. The topological polar surface area (TPSA) is 38.3 Å². The molecular formula is C16H22ClNO2. The van der Waals surface area contributed by atoms with Gasteiger partial charge in [-0.15, -0.1) is 11.6 Å². The summed E-state index contributed by atoms with van der Waals surface area (Å²) < 4.78 is 5.58. The number of carbonyl (C=O) groups is 1. The molecule has 2 atom stereocenters. The van der Waals surface area contributed by atoms with E-state index < -0.39 is 0 Å². The molecule has 3 nitrogen and oxygen atoms in total. The zero-order valence-electron chi connectivity index (χ0n) is 11.9. The summed E-state index contributed by atoms with van der Waals surface area (Å²) in [5, 5.41) is 3.09. The molecule has 1 amide bonds. The molecule has 1 aliphatic carbocycles. The van der Waals surface area contributed by atoms with Gasteiger partial charge in [0.05, 0.1) is 18.4 Å². The maximum atomic E-state index is 11.9. The molecule has 1 aromatic carbocycles. The molecule has 1 fully saturated rings. The van der Waals surface area contributed by atoms with Gasteiger partial charge in [0.25, 0.3) is 0 Å². The number of rotatable bonds is 5. The number of amides is 1. The van der Waals surface area contributed by atoms with Crippen LogP contribution in [0.1, 0.15) is 37.7 Å². The van der Waals surface area contributed by atoms with Gasteiger partial charge < -0.3 is 10.1 Å². The first-order valence-corrected chi connectivity index (χ1v) is 7.72. The highest BCUT2D eigenvalue weighted by atomic mass is 35.5. The summed E-state index contributed by atoms with van der Waals surface area (Å²) in [4.78, 5) is 11.9. The van der Waals surface area contributed by atoms with Crippen LogP contribution in [-0.4, -0.2) is 23.9 Å². The van der Waals surface area contributed by atoms with E-state index in [0.717, 1.165) is 37.0 Å². The second-order valence-electron chi connectivity index (χ2n) is 5.39. The van der Waals surface area contributed by atoms with Crippen LogP contribution < -0.4 is 10.1 Å². The van der Waals surface area contributed by atoms with Crippen LogP contribution in [0, 0.1) is 6.92 Å². The molecule has 20 heavy (non-hydrogen) atoms. The molecule has 4 heteroatoms. The summed E-state index contributed by atoms with van der Waals surface area (Å²) >= 11 is 6.23. The van der Waals surface area contributed by atoms with Crippen molar-refractivity contribution in [3.05, 3.63) is 29.8 Å². The first-order valence-electron chi connectivity index (χ1n) is 7.28. The molecule has 1 aromatic rings. The molecule has 0 aliphatic heterocycles. The fourth-order valence-corrected chi connectivity index (χ4v) is 2.84. The Morgan fingerprint density at radius 2 is 2.20 bits per heavy atom. The second-order valence-corrected chi connectivity index (χ2v) is 5.95. The zero-order valence-corrected chi connectivity index (χ0v) is 12.7. The highest BCUT2D eigenvalue weighted by Crippen LogP contribution is 2.23. The lowest BCUT2D eigenvalue weighted by Crippen LogP contribution is -2.43. The van der Waals surface area contributed by atoms with Crippen molar-refractivity contribution in [2.45, 2.75) is 50.4 Å². The highest BCUT2D eigenvalue weighted by Gasteiger charge is 2.24. The van der Waals surface area contributed by atoms with Crippen LogP contribution in [0.4, 0.5) is 0 Å². The average molecular weight is 296 g/mol. The largest absolute Gasteiger partial charge is 0.493 e. The highest BCUT2D eigenvalue weighted by molar-refractivity contribution is 6.21. The van der Waals surface area contributed by atoms with Crippen molar-refractivity contribution in [2.75, 3.05) is 6.61 Å².